The fourth-order valence-corrected chi connectivity index (χ4v) is 5.33. The quantitative estimate of drug-likeness (QED) is 0.359. The van der Waals surface area contributed by atoms with E-state index in [-0.39, 0.29) is 11.8 Å². The van der Waals surface area contributed by atoms with Crippen LogP contribution in [0.4, 0.5) is 11.5 Å². The number of nitrogens with zero attached hydrogens (tertiary/aromatic N) is 3. The van der Waals surface area contributed by atoms with Gasteiger partial charge in [0.05, 0.1) is 12.8 Å². The molecule has 0 unspecified atom stereocenters. The highest BCUT2D eigenvalue weighted by Gasteiger charge is 2.26. The molecule has 36 heavy (non-hydrogen) atoms. The number of methoxy groups -OCH3 is 1. The van der Waals surface area contributed by atoms with Crippen molar-refractivity contribution in [2.45, 2.75) is 19.3 Å². The van der Waals surface area contributed by atoms with Crippen molar-refractivity contribution in [3.05, 3.63) is 90.0 Å². The number of anilines is 2. The fraction of sp³-hybridized carbons (Fsp3) is 0.233. The van der Waals surface area contributed by atoms with E-state index in [2.05, 4.69) is 56.8 Å². The lowest BCUT2D eigenvalue weighted by atomic mass is 9.95. The van der Waals surface area contributed by atoms with Crippen molar-refractivity contribution < 1.29 is 9.53 Å². The van der Waals surface area contributed by atoms with E-state index in [1.807, 2.05) is 42.5 Å². The first kappa shape index (κ1) is 22.3. The van der Waals surface area contributed by atoms with Crippen molar-refractivity contribution in [3.8, 4) is 28.1 Å². The van der Waals surface area contributed by atoms with Crippen LogP contribution in [0, 0.1) is 5.92 Å². The molecule has 2 aliphatic rings. The summed E-state index contributed by atoms with van der Waals surface area (Å²) in [5, 5.41) is 12.1. The van der Waals surface area contributed by atoms with E-state index in [9.17, 15) is 4.79 Å². The van der Waals surface area contributed by atoms with Crippen LogP contribution in [0.25, 0.3) is 22.4 Å². The molecule has 1 saturated heterocycles. The molecular weight excluding hydrogens is 448 g/mol. The van der Waals surface area contributed by atoms with Gasteiger partial charge in [-0.1, -0.05) is 42.5 Å². The average Bonchev–Trinajstić information content (AvgIpc) is 3.31. The Morgan fingerprint density at radius 3 is 2.39 bits per heavy atom. The molecule has 3 aromatic carbocycles. The smallest absolute Gasteiger partial charge is 0.227 e. The summed E-state index contributed by atoms with van der Waals surface area (Å²) in [4.78, 5) is 15.2. The number of fused-ring (bicyclic) bond motifs is 3. The molecule has 1 aliphatic heterocycles. The standard InChI is InChI=1S/C30H28N4O2/c1-36-28-9-5-4-8-26(28)27-12-13-29(33-32-27)34-16-14-20(15-17-34)30(35)31-23-10-11-25-22(19-23)18-21-6-2-3-7-24(21)25/h2-13,19-20H,14-18H2,1H3,(H,31,35). The van der Waals surface area contributed by atoms with Gasteiger partial charge in [0, 0.05) is 30.3 Å². The van der Waals surface area contributed by atoms with E-state index < -0.39 is 0 Å². The lowest BCUT2D eigenvalue weighted by Gasteiger charge is -2.31. The highest BCUT2D eigenvalue weighted by molar-refractivity contribution is 5.93. The second-order valence-corrected chi connectivity index (χ2v) is 9.43. The maximum atomic E-state index is 13.0. The van der Waals surface area contributed by atoms with E-state index >= 15 is 0 Å². The summed E-state index contributed by atoms with van der Waals surface area (Å²) >= 11 is 0. The van der Waals surface area contributed by atoms with Crippen LogP contribution >= 0.6 is 0 Å². The zero-order chi connectivity index (χ0) is 24.5. The van der Waals surface area contributed by atoms with Gasteiger partial charge in [0.1, 0.15) is 5.75 Å². The number of para-hydroxylation sites is 1. The van der Waals surface area contributed by atoms with Gasteiger partial charge < -0.3 is 15.0 Å². The topological polar surface area (TPSA) is 67.3 Å². The third kappa shape index (κ3) is 4.19. The maximum Gasteiger partial charge on any atom is 0.227 e. The van der Waals surface area contributed by atoms with Crippen LogP contribution in [0.3, 0.4) is 0 Å². The molecule has 1 N–H and O–H groups in total. The van der Waals surface area contributed by atoms with Crippen molar-refractivity contribution in [1.29, 1.82) is 0 Å². The summed E-state index contributed by atoms with van der Waals surface area (Å²) in [5.74, 6) is 1.71. The first-order valence-electron chi connectivity index (χ1n) is 12.4. The van der Waals surface area contributed by atoms with Crippen LogP contribution in [0.15, 0.2) is 78.9 Å². The second kappa shape index (κ2) is 9.46. The molecule has 6 rings (SSSR count). The van der Waals surface area contributed by atoms with Gasteiger partial charge in [0.15, 0.2) is 5.82 Å². The Balaban J connectivity index is 1.07. The zero-order valence-electron chi connectivity index (χ0n) is 20.3. The molecule has 1 aliphatic carbocycles. The molecule has 1 fully saturated rings. The highest BCUT2D eigenvalue weighted by atomic mass is 16.5. The largest absolute Gasteiger partial charge is 0.496 e. The summed E-state index contributed by atoms with van der Waals surface area (Å²) in [6, 6.07) is 26.6. The number of carbonyl (C=O) groups is 1. The summed E-state index contributed by atoms with van der Waals surface area (Å²) in [7, 11) is 1.66. The SMILES string of the molecule is COc1ccccc1-c1ccc(N2CCC(C(=O)Nc3ccc4c(c3)Cc3ccccc3-4)CC2)nn1. The molecular formula is C30H28N4O2. The van der Waals surface area contributed by atoms with Crippen molar-refractivity contribution >= 4 is 17.4 Å². The number of benzene rings is 3. The van der Waals surface area contributed by atoms with Gasteiger partial charge in [-0.05, 0) is 77.9 Å². The van der Waals surface area contributed by atoms with Gasteiger partial charge in [0.25, 0.3) is 0 Å². The highest BCUT2D eigenvalue weighted by Crippen LogP contribution is 2.38. The van der Waals surface area contributed by atoms with Crippen molar-refractivity contribution in [1.82, 2.24) is 10.2 Å². The Bertz CT molecular complexity index is 1410. The second-order valence-electron chi connectivity index (χ2n) is 9.43. The van der Waals surface area contributed by atoms with Gasteiger partial charge in [-0.15, -0.1) is 10.2 Å². The number of rotatable bonds is 5. The van der Waals surface area contributed by atoms with E-state index in [1.54, 1.807) is 7.11 Å². The Hall–Kier alpha value is -4.19. The molecule has 4 aromatic rings. The third-order valence-corrected chi connectivity index (χ3v) is 7.28. The number of hydrogen-bond donors (Lipinski definition) is 1. The molecule has 6 nitrogen and oxygen atoms in total. The summed E-state index contributed by atoms with van der Waals surface area (Å²) < 4.78 is 5.44. The molecule has 1 amide bonds. The first-order chi connectivity index (χ1) is 17.7. The van der Waals surface area contributed by atoms with E-state index in [0.717, 1.165) is 60.9 Å². The van der Waals surface area contributed by atoms with Gasteiger partial charge in [-0.3, -0.25) is 4.79 Å². The van der Waals surface area contributed by atoms with Crippen LogP contribution in [-0.2, 0) is 11.2 Å². The van der Waals surface area contributed by atoms with Crippen LogP contribution < -0.4 is 15.0 Å². The van der Waals surface area contributed by atoms with Gasteiger partial charge in [0.2, 0.25) is 5.91 Å². The average molecular weight is 477 g/mol. The number of nitrogens with one attached hydrogen (secondary N) is 1. The number of piperidine rings is 1. The number of aromatic nitrogens is 2. The molecule has 2 heterocycles. The zero-order valence-corrected chi connectivity index (χ0v) is 20.3. The van der Waals surface area contributed by atoms with Crippen molar-refractivity contribution in [2.24, 2.45) is 5.92 Å². The Kier molecular flexibility index (Phi) is 5.85. The molecule has 0 saturated carbocycles. The lowest BCUT2D eigenvalue weighted by Crippen LogP contribution is -2.38. The predicted molar refractivity (Wildman–Crippen MR) is 142 cm³/mol. The monoisotopic (exact) mass is 476 g/mol. The van der Waals surface area contributed by atoms with Crippen molar-refractivity contribution in [2.75, 3.05) is 30.4 Å². The number of amides is 1. The molecule has 0 spiro atoms. The molecule has 0 radical (unpaired) electrons. The molecule has 0 bridgehead atoms. The number of ether oxygens (including phenoxy) is 1. The minimum atomic E-state index is -0.00693. The Morgan fingerprint density at radius 2 is 1.61 bits per heavy atom. The Morgan fingerprint density at radius 1 is 0.861 bits per heavy atom. The van der Waals surface area contributed by atoms with Crippen LogP contribution in [0.2, 0.25) is 0 Å². The minimum absolute atomic E-state index is 0.00693. The fourth-order valence-electron chi connectivity index (χ4n) is 5.33. The van der Waals surface area contributed by atoms with Gasteiger partial charge >= 0.3 is 0 Å². The molecule has 180 valence electrons. The maximum absolute atomic E-state index is 13.0. The van der Waals surface area contributed by atoms with Gasteiger partial charge in [-0.2, -0.15) is 0 Å². The Labute approximate surface area is 211 Å². The summed E-state index contributed by atoms with van der Waals surface area (Å²) in [5.41, 5.74) is 7.78. The number of carbonyl (C=O) groups excluding carboxylic acids is 1. The molecule has 6 heteroatoms. The van der Waals surface area contributed by atoms with Crippen LogP contribution in [0.5, 0.6) is 5.75 Å². The molecule has 0 atom stereocenters. The first-order valence-corrected chi connectivity index (χ1v) is 12.4. The normalized spacial score (nSPS) is 14.8. The van der Waals surface area contributed by atoms with E-state index in [4.69, 9.17) is 4.74 Å². The lowest BCUT2D eigenvalue weighted by molar-refractivity contribution is -0.120. The predicted octanol–water partition coefficient (Wildman–Crippen LogP) is 5.58. The summed E-state index contributed by atoms with van der Waals surface area (Å²) in [6.07, 6.45) is 2.50. The third-order valence-electron chi connectivity index (χ3n) is 7.28. The summed E-state index contributed by atoms with van der Waals surface area (Å²) in [6.45, 7) is 1.56. The van der Waals surface area contributed by atoms with Crippen molar-refractivity contribution in [3.63, 3.8) is 0 Å². The minimum Gasteiger partial charge on any atom is -0.496 e. The van der Waals surface area contributed by atoms with Crippen LogP contribution in [-0.4, -0.2) is 36.3 Å². The van der Waals surface area contributed by atoms with E-state index in [0.29, 0.717) is 0 Å². The number of hydrogen-bond acceptors (Lipinski definition) is 5. The van der Waals surface area contributed by atoms with Crippen LogP contribution in [0.1, 0.15) is 24.0 Å². The molecule has 1 aromatic heterocycles. The van der Waals surface area contributed by atoms with E-state index in [1.165, 1.54) is 22.3 Å². The van der Waals surface area contributed by atoms with Gasteiger partial charge in [-0.25, -0.2) is 0 Å².